The Hall–Kier alpha value is -1.59. The predicted molar refractivity (Wildman–Crippen MR) is 52.9 cm³/mol. The van der Waals surface area contributed by atoms with Crippen molar-refractivity contribution in [3.8, 4) is 0 Å². The van der Waals surface area contributed by atoms with Gasteiger partial charge in [0.1, 0.15) is 6.54 Å². The molecule has 0 heterocycles. The van der Waals surface area contributed by atoms with Gasteiger partial charge in [0.15, 0.2) is 0 Å². The van der Waals surface area contributed by atoms with Gasteiger partial charge in [0, 0.05) is 6.42 Å². The molecule has 0 aromatic heterocycles. The maximum Gasteiger partial charge on any atom is 0.325 e. The highest BCUT2D eigenvalue weighted by Gasteiger charge is 2.06. The van der Waals surface area contributed by atoms with Gasteiger partial charge in [-0.15, -0.1) is 0 Å². The van der Waals surface area contributed by atoms with Crippen LogP contribution in [-0.4, -0.2) is 37.5 Å². The molecule has 0 unspecified atom stereocenters. The van der Waals surface area contributed by atoms with Gasteiger partial charge in [-0.05, 0) is 6.92 Å². The van der Waals surface area contributed by atoms with Crippen LogP contribution in [0.3, 0.4) is 0 Å². The lowest BCUT2D eigenvalue weighted by Gasteiger charge is -2.05. The highest BCUT2D eigenvalue weighted by Crippen LogP contribution is 1.77. The molecule has 0 spiro atoms. The van der Waals surface area contributed by atoms with Crippen LogP contribution in [0, 0.1) is 0 Å². The van der Waals surface area contributed by atoms with Crippen molar-refractivity contribution in [1.29, 1.82) is 0 Å². The number of hydrogen-bond donors (Lipinski definition) is 2. The molecule has 0 rings (SSSR count). The molecule has 6 nitrogen and oxygen atoms in total. The third-order valence-electron chi connectivity index (χ3n) is 1.50. The number of rotatable bonds is 6. The summed E-state index contributed by atoms with van der Waals surface area (Å²) in [5, 5.41) is 4.70. The highest BCUT2D eigenvalue weighted by atomic mass is 16.5. The van der Waals surface area contributed by atoms with Crippen LogP contribution in [0.4, 0.5) is 0 Å². The average molecular weight is 216 g/mol. The first-order chi connectivity index (χ1) is 7.10. The number of esters is 1. The third kappa shape index (κ3) is 7.48. The van der Waals surface area contributed by atoms with E-state index in [1.165, 1.54) is 0 Å². The highest BCUT2D eigenvalue weighted by molar-refractivity contribution is 5.86. The Morgan fingerprint density at radius 2 is 1.60 bits per heavy atom. The molecule has 0 aliphatic carbocycles. The molecule has 0 aromatic rings. The minimum atomic E-state index is -0.493. The molecule has 0 atom stereocenters. The van der Waals surface area contributed by atoms with Crippen LogP contribution in [0.15, 0.2) is 0 Å². The van der Waals surface area contributed by atoms with Crippen LogP contribution in [0.2, 0.25) is 0 Å². The van der Waals surface area contributed by atoms with Crippen molar-refractivity contribution in [2.75, 3.05) is 19.7 Å². The Kier molecular flexibility index (Phi) is 6.96. The quantitative estimate of drug-likeness (QED) is 0.569. The first-order valence-corrected chi connectivity index (χ1v) is 4.79. The Labute approximate surface area is 88.4 Å². The second kappa shape index (κ2) is 7.78. The molecular formula is C9H16N2O4. The lowest BCUT2D eigenvalue weighted by molar-refractivity contribution is -0.143. The summed E-state index contributed by atoms with van der Waals surface area (Å²) in [6, 6.07) is 0. The van der Waals surface area contributed by atoms with E-state index < -0.39 is 11.9 Å². The minimum absolute atomic E-state index is 0.119. The minimum Gasteiger partial charge on any atom is -0.465 e. The molecule has 0 bridgehead atoms. The zero-order valence-corrected chi connectivity index (χ0v) is 8.96. The SMILES string of the molecule is CCOC(=O)CNC(=O)CNC(=O)CC. The van der Waals surface area contributed by atoms with Gasteiger partial charge in [0.25, 0.3) is 0 Å². The van der Waals surface area contributed by atoms with E-state index in [0.717, 1.165) is 0 Å². The van der Waals surface area contributed by atoms with Crippen molar-refractivity contribution in [2.24, 2.45) is 0 Å². The molecule has 15 heavy (non-hydrogen) atoms. The number of amides is 2. The molecule has 6 heteroatoms. The van der Waals surface area contributed by atoms with Gasteiger partial charge >= 0.3 is 5.97 Å². The van der Waals surface area contributed by atoms with Crippen molar-refractivity contribution >= 4 is 17.8 Å². The Morgan fingerprint density at radius 1 is 1.00 bits per heavy atom. The maximum absolute atomic E-state index is 11.0. The molecule has 0 aliphatic heterocycles. The van der Waals surface area contributed by atoms with Gasteiger partial charge in [0.2, 0.25) is 11.8 Å². The van der Waals surface area contributed by atoms with Crippen LogP contribution in [-0.2, 0) is 19.1 Å². The normalized spacial score (nSPS) is 9.20. The smallest absolute Gasteiger partial charge is 0.325 e. The summed E-state index contributed by atoms with van der Waals surface area (Å²) in [6.07, 6.45) is 0.325. The van der Waals surface area contributed by atoms with Gasteiger partial charge in [-0.2, -0.15) is 0 Å². The number of nitrogens with one attached hydrogen (secondary N) is 2. The van der Waals surface area contributed by atoms with Crippen molar-refractivity contribution in [3.63, 3.8) is 0 Å². The van der Waals surface area contributed by atoms with E-state index in [2.05, 4.69) is 15.4 Å². The Bertz CT molecular complexity index is 240. The van der Waals surface area contributed by atoms with Gasteiger partial charge < -0.3 is 15.4 Å². The van der Waals surface area contributed by atoms with Crippen molar-refractivity contribution < 1.29 is 19.1 Å². The molecule has 0 saturated heterocycles. The summed E-state index contributed by atoms with van der Waals surface area (Å²) in [4.78, 5) is 32.6. The van der Waals surface area contributed by atoms with E-state index in [9.17, 15) is 14.4 Å². The van der Waals surface area contributed by atoms with E-state index >= 15 is 0 Å². The largest absolute Gasteiger partial charge is 0.465 e. The summed E-state index contributed by atoms with van der Waals surface area (Å²) in [7, 11) is 0. The van der Waals surface area contributed by atoms with E-state index in [1.807, 2.05) is 0 Å². The van der Waals surface area contributed by atoms with Gasteiger partial charge in [-0.3, -0.25) is 14.4 Å². The van der Waals surface area contributed by atoms with E-state index in [1.54, 1.807) is 13.8 Å². The van der Waals surface area contributed by atoms with Crippen molar-refractivity contribution in [1.82, 2.24) is 10.6 Å². The molecule has 86 valence electrons. The zero-order valence-electron chi connectivity index (χ0n) is 8.96. The Morgan fingerprint density at radius 3 is 2.13 bits per heavy atom. The first kappa shape index (κ1) is 13.4. The molecular weight excluding hydrogens is 200 g/mol. The molecule has 0 saturated carbocycles. The van der Waals surface area contributed by atoms with Crippen molar-refractivity contribution in [3.05, 3.63) is 0 Å². The van der Waals surface area contributed by atoms with Crippen LogP contribution in [0.25, 0.3) is 0 Å². The monoisotopic (exact) mass is 216 g/mol. The van der Waals surface area contributed by atoms with Gasteiger partial charge in [-0.25, -0.2) is 0 Å². The molecule has 2 amide bonds. The van der Waals surface area contributed by atoms with Crippen LogP contribution < -0.4 is 10.6 Å². The summed E-state index contributed by atoms with van der Waals surface area (Å²) in [5.74, 6) is -1.11. The molecule has 2 N–H and O–H groups in total. The van der Waals surface area contributed by atoms with Crippen LogP contribution >= 0.6 is 0 Å². The second-order valence-corrected chi connectivity index (χ2v) is 2.71. The van der Waals surface area contributed by atoms with E-state index in [4.69, 9.17) is 0 Å². The molecule has 0 aromatic carbocycles. The lowest BCUT2D eigenvalue weighted by atomic mass is 10.4. The third-order valence-corrected chi connectivity index (χ3v) is 1.50. The fourth-order valence-corrected chi connectivity index (χ4v) is 0.749. The topological polar surface area (TPSA) is 84.5 Å². The van der Waals surface area contributed by atoms with E-state index in [-0.39, 0.29) is 25.6 Å². The van der Waals surface area contributed by atoms with Crippen LogP contribution in [0.1, 0.15) is 20.3 Å². The van der Waals surface area contributed by atoms with E-state index in [0.29, 0.717) is 6.42 Å². The summed E-state index contributed by atoms with van der Waals surface area (Å²) < 4.78 is 4.60. The van der Waals surface area contributed by atoms with Crippen molar-refractivity contribution in [2.45, 2.75) is 20.3 Å². The zero-order chi connectivity index (χ0) is 11.7. The first-order valence-electron chi connectivity index (χ1n) is 4.79. The molecule has 0 radical (unpaired) electrons. The average Bonchev–Trinajstić information content (AvgIpc) is 2.23. The number of hydrogen-bond acceptors (Lipinski definition) is 4. The summed E-state index contributed by atoms with van der Waals surface area (Å²) >= 11 is 0. The predicted octanol–water partition coefficient (Wildman–Crippen LogP) is -0.808. The summed E-state index contributed by atoms with van der Waals surface area (Å²) in [6.45, 7) is 3.36. The number of carbonyl (C=O) groups excluding carboxylic acids is 3. The number of carbonyl (C=O) groups is 3. The lowest BCUT2D eigenvalue weighted by Crippen LogP contribution is -2.39. The van der Waals surface area contributed by atoms with Gasteiger partial charge in [-0.1, -0.05) is 6.92 Å². The molecule has 0 fully saturated rings. The standard InChI is InChI=1S/C9H16N2O4/c1-3-7(12)10-5-8(13)11-6-9(14)15-4-2/h3-6H2,1-2H3,(H,10,12)(H,11,13). The fourth-order valence-electron chi connectivity index (χ4n) is 0.749. The Balaban J connectivity index is 3.57. The second-order valence-electron chi connectivity index (χ2n) is 2.71. The maximum atomic E-state index is 11.0. The number of ether oxygens (including phenoxy) is 1. The summed E-state index contributed by atoms with van der Waals surface area (Å²) in [5.41, 5.74) is 0. The van der Waals surface area contributed by atoms with Crippen LogP contribution in [0.5, 0.6) is 0 Å². The fraction of sp³-hybridized carbons (Fsp3) is 0.667. The molecule has 0 aliphatic rings. The van der Waals surface area contributed by atoms with Gasteiger partial charge in [0.05, 0.1) is 13.2 Å².